The maximum absolute atomic E-state index is 13.8. The molecule has 1 aliphatic rings. The highest BCUT2D eigenvalue weighted by Gasteiger charge is 2.33. The molecule has 0 aliphatic carbocycles. The third-order valence-electron chi connectivity index (χ3n) is 3.32. The molecule has 0 N–H and O–H groups in total. The van der Waals surface area contributed by atoms with Gasteiger partial charge in [0, 0.05) is 24.1 Å². The molecule has 20 heavy (non-hydrogen) atoms. The number of alkyl halides is 1. The highest BCUT2D eigenvalue weighted by atomic mass is 79.9. The number of benzene rings is 2. The SMILES string of the molecule is Fc1cc(F)c(C(Br)C2Cc3ccccc3O2)c(F)c1. The quantitative estimate of drug-likeness (QED) is 0.728. The lowest BCUT2D eigenvalue weighted by Gasteiger charge is -2.19. The molecule has 1 aliphatic heterocycles. The number of halogens is 4. The van der Waals surface area contributed by atoms with Crippen molar-refractivity contribution in [2.45, 2.75) is 17.4 Å². The zero-order valence-electron chi connectivity index (χ0n) is 10.2. The van der Waals surface area contributed by atoms with E-state index in [2.05, 4.69) is 15.9 Å². The number of hydrogen-bond donors (Lipinski definition) is 0. The Morgan fingerprint density at radius 3 is 2.40 bits per heavy atom. The summed E-state index contributed by atoms with van der Waals surface area (Å²) in [6.45, 7) is 0. The molecule has 0 bridgehead atoms. The molecule has 2 aromatic carbocycles. The normalized spacial score (nSPS) is 18.5. The molecule has 2 aromatic rings. The number of hydrogen-bond acceptors (Lipinski definition) is 1. The van der Waals surface area contributed by atoms with Crippen LogP contribution in [0.3, 0.4) is 0 Å². The van der Waals surface area contributed by atoms with Crippen LogP contribution in [0.15, 0.2) is 36.4 Å². The van der Waals surface area contributed by atoms with Gasteiger partial charge in [0.15, 0.2) is 0 Å². The number of rotatable bonds is 2. The van der Waals surface area contributed by atoms with E-state index in [1.807, 2.05) is 24.3 Å². The van der Waals surface area contributed by atoms with Crippen molar-refractivity contribution in [1.29, 1.82) is 0 Å². The van der Waals surface area contributed by atoms with E-state index in [0.29, 0.717) is 24.3 Å². The molecule has 2 unspecified atom stereocenters. The monoisotopic (exact) mass is 342 g/mol. The predicted molar refractivity (Wildman–Crippen MR) is 72.5 cm³/mol. The lowest BCUT2D eigenvalue weighted by atomic mass is 10.0. The van der Waals surface area contributed by atoms with Crippen molar-refractivity contribution < 1.29 is 17.9 Å². The highest BCUT2D eigenvalue weighted by Crippen LogP contribution is 2.40. The van der Waals surface area contributed by atoms with Gasteiger partial charge in [0.05, 0.1) is 4.83 Å². The first-order valence-electron chi connectivity index (χ1n) is 6.09. The van der Waals surface area contributed by atoms with E-state index < -0.39 is 28.4 Å². The third-order valence-corrected chi connectivity index (χ3v) is 4.37. The smallest absolute Gasteiger partial charge is 0.133 e. The number of para-hydroxylation sites is 1. The molecule has 104 valence electrons. The minimum Gasteiger partial charge on any atom is -0.488 e. The molecular weight excluding hydrogens is 333 g/mol. The topological polar surface area (TPSA) is 9.23 Å². The van der Waals surface area contributed by atoms with Gasteiger partial charge < -0.3 is 4.74 Å². The first-order valence-corrected chi connectivity index (χ1v) is 7.01. The molecule has 0 saturated heterocycles. The Bertz CT molecular complexity index is 611. The molecule has 0 radical (unpaired) electrons. The van der Waals surface area contributed by atoms with Crippen LogP contribution in [0.2, 0.25) is 0 Å². The van der Waals surface area contributed by atoms with Gasteiger partial charge in [-0.1, -0.05) is 34.1 Å². The molecule has 0 spiro atoms. The van der Waals surface area contributed by atoms with Crippen LogP contribution in [0.25, 0.3) is 0 Å². The molecule has 1 nitrogen and oxygen atoms in total. The number of ether oxygens (including phenoxy) is 1. The summed E-state index contributed by atoms with van der Waals surface area (Å²) in [4.78, 5) is -0.685. The van der Waals surface area contributed by atoms with Gasteiger partial charge >= 0.3 is 0 Å². The first kappa shape index (κ1) is 13.5. The van der Waals surface area contributed by atoms with Gasteiger partial charge in [-0.2, -0.15) is 0 Å². The molecule has 0 amide bonds. The molecule has 0 saturated carbocycles. The Kier molecular flexibility index (Phi) is 3.46. The fourth-order valence-electron chi connectivity index (χ4n) is 2.37. The minimum absolute atomic E-state index is 0.204. The molecule has 3 rings (SSSR count). The Morgan fingerprint density at radius 1 is 1.10 bits per heavy atom. The van der Waals surface area contributed by atoms with Crippen LogP contribution in [0, 0.1) is 17.5 Å². The predicted octanol–water partition coefficient (Wildman–Crippen LogP) is 4.54. The second-order valence-corrected chi connectivity index (χ2v) is 5.64. The lowest BCUT2D eigenvalue weighted by Crippen LogP contribution is -2.21. The van der Waals surface area contributed by atoms with Crippen LogP contribution >= 0.6 is 15.9 Å². The molecule has 1 heterocycles. The highest BCUT2D eigenvalue weighted by molar-refractivity contribution is 9.09. The van der Waals surface area contributed by atoms with Crippen molar-refractivity contribution in [2.24, 2.45) is 0 Å². The van der Waals surface area contributed by atoms with E-state index in [0.717, 1.165) is 5.56 Å². The van der Waals surface area contributed by atoms with Crippen molar-refractivity contribution in [1.82, 2.24) is 0 Å². The maximum atomic E-state index is 13.8. The van der Waals surface area contributed by atoms with Crippen LogP contribution in [-0.4, -0.2) is 6.10 Å². The van der Waals surface area contributed by atoms with Gasteiger partial charge in [0.25, 0.3) is 0 Å². The summed E-state index contributed by atoms with van der Waals surface area (Å²) in [5.74, 6) is -2.04. The summed E-state index contributed by atoms with van der Waals surface area (Å²) in [6.07, 6.45) is 0.115. The van der Waals surface area contributed by atoms with E-state index in [-0.39, 0.29) is 5.56 Å². The van der Waals surface area contributed by atoms with Gasteiger partial charge in [-0.15, -0.1) is 0 Å². The van der Waals surface area contributed by atoms with Crippen LogP contribution in [0.1, 0.15) is 16.0 Å². The summed E-state index contributed by atoms with van der Waals surface area (Å²) in [6, 6.07) is 8.79. The van der Waals surface area contributed by atoms with Crippen molar-refractivity contribution >= 4 is 15.9 Å². The first-order chi connectivity index (χ1) is 9.56. The van der Waals surface area contributed by atoms with E-state index in [1.54, 1.807) is 0 Å². The van der Waals surface area contributed by atoms with Crippen LogP contribution in [0.4, 0.5) is 13.2 Å². The zero-order valence-corrected chi connectivity index (χ0v) is 11.8. The van der Waals surface area contributed by atoms with E-state index in [4.69, 9.17) is 4.74 Å². The van der Waals surface area contributed by atoms with Crippen molar-refractivity contribution in [3.63, 3.8) is 0 Å². The van der Waals surface area contributed by atoms with Crippen molar-refractivity contribution in [2.75, 3.05) is 0 Å². The average molecular weight is 343 g/mol. The molecule has 0 fully saturated rings. The Morgan fingerprint density at radius 2 is 1.75 bits per heavy atom. The van der Waals surface area contributed by atoms with Crippen molar-refractivity contribution in [3.05, 3.63) is 65.0 Å². The van der Waals surface area contributed by atoms with E-state index >= 15 is 0 Å². The minimum atomic E-state index is -0.931. The summed E-state index contributed by atoms with van der Waals surface area (Å²) in [5, 5.41) is 0. The third kappa shape index (κ3) is 2.30. The van der Waals surface area contributed by atoms with Gasteiger partial charge in [0.2, 0.25) is 0 Å². The van der Waals surface area contributed by atoms with Gasteiger partial charge in [-0.25, -0.2) is 13.2 Å². The van der Waals surface area contributed by atoms with Crippen LogP contribution < -0.4 is 4.74 Å². The summed E-state index contributed by atoms with van der Waals surface area (Å²) in [7, 11) is 0. The van der Waals surface area contributed by atoms with Crippen LogP contribution in [0.5, 0.6) is 5.75 Å². The molecular formula is C15H10BrF3O. The van der Waals surface area contributed by atoms with E-state index in [1.165, 1.54) is 0 Å². The summed E-state index contributed by atoms with van der Waals surface area (Å²) in [5.41, 5.74) is 0.786. The van der Waals surface area contributed by atoms with Gasteiger partial charge in [-0.3, -0.25) is 0 Å². The summed E-state index contributed by atoms with van der Waals surface area (Å²) < 4.78 is 46.2. The Labute approximate surface area is 122 Å². The average Bonchev–Trinajstić information content (AvgIpc) is 2.81. The zero-order chi connectivity index (χ0) is 14.3. The number of fused-ring (bicyclic) bond motifs is 1. The van der Waals surface area contributed by atoms with Crippen LogP contribution in [-0.2, 0) is 6.42 Å². The molecule has 2 atom stereocenters. The van der Waals surface area contributed by atoms with Gasteiger partial charge in [-0.05, 0) is 11.6 Å². The standard InChI is InChI=1S/C15H10BrF3O/c16-15(14-10(18)6-9(17)7-11(14)19)13-5-8-3-1-2-4-12(8)20-13/h1-4,6-7,13,15H,5H2. The van der Waals surface area contributed by atoms with Gasteiger partial charge in [0.1, 0.15) is 29.3 Å². The second kappa shape index (κ2) is 5.13. The Balaban J connectivity index is 1.90. The largest absolute Gasteiger partial charge is 0.488 e. The molecule has 5 heteroatoms. The second-order valence-electron chi connectivity index (χ2n) is 4.65. The Hall–Kier alpha value is -1.49. The fraction of sp³-hybridized carbons (Fsp3) is 0.200. The van der Waals surface area contributed by atoms with E-state index in [9.17, 15) is 13.2 Å². The maximum Gasteiger partial charge on any atom is 0.133 e. The fourth-order valence-corrected chi connectivity index (χ4v) is 3.11. The summed E-state index contributed by atoms with van der Waals surface area (Å²) >= 11 is 3.27. The lowest BCUT2D eigenvalue weighted by molar-refractivity contribution is 0.228. The molecule has 0 aromatic heterocycles. The van der Waals surface area contributed by atoms with Crippen molar-refractivity contribution in [3.8, 4) is 5.75 Å².